The quantitative estimate of drug-likeness (QED) is 0.801. The number of hydrogen-bond acceptors (Lipinski definition) is 0. The van der Waals surface area contributed by atoms with Gasteiger partial charge in [0.1, 0.15) is 5.38 Å². The Morgan fingerprint density at radius 3 is 2.47 bits per heavy atom. The molecule has 2 aromatic rings. The summed E-state index contributed by atoms with van der Waals surface area (Å²) in [5, 5.41) is 4.89. The first kappa shape index (κ1) is 12.4. The summed E-state index contributed by atoms with van der Waals surface area (Å²) in [5.74, 6) is 0. The number of rotatable bonds is 4. The molecule has 0 aliphatic heterocycles. The molecule has 0 aromatic heterocycles. The molecular formula is C15H19ClN+. The molecule has 0 radical (unpaired) electrons. The largest absolute Gasteiger partial charge is 0.343 e. The lowest BCUT2D eigenvalue weighted by Crippen LogP contribution is -2.89. The highest BCUT2D eigenvalue weighted by molar-refractivity contribution is 6.21. The molecule has 1 unspecified atom stereocenters. The van der Waals surface area contributed by atoms with Crippen LogP contribution >= 0.6 is 11.6 Å². The fourth-order valence-electron chi connectivity index (χ4n) is 1.93. The molecule has 0 fully saturated rings. The number of halogens is 1. The molecule has 0 amide bonds. The second-order valence-electron chi connectivity index (χ2n) is 4.79. The summed E-state index contributed by atoms with van der Waals surface area (Å²) < 4.78 is 0. The zero-order valence-corrected chi connectivity index (χ0v) is 11.1. The number of quaternary nitrogens is 1. The van der Waals surface area contributed by atoms with Crippen LogP contribution in [0.25, 0.3) is 10.8 Å². The van der Waals surface area contributed by atoms with E-state index < -0.39 is 0 Å². The highest BCUT2D eigenvalue weighted by Crippen LogP contribution is 2.23. The minimum atomic E-state index is 0.0852. The van der Waals surface area contributed by atoms with Gasteiger partial charge in [-0.3, -0.25) is 0 Å². The number of alkyl halides is 1. The van der Waals surface area contributed by atoms with E-state index in [1.807, 2.05) is 0 Å². The first-order valence-electron chi connectivity index (χ1n) is 6.13. The molecule has 90 valence electrons. The number of fused-ring (bicyclic) bond motifs is 1. The van der Waals surface area contributed by atoms with Crippen LogP contribution in [0.5, 0.6) is 0 Å². The number of nitrogens with two attached hydrogens (primary N) is 1. The van der Waals surface area contributed by atoms with Crippen LogP contribution < -0.4 is 5.32 Å². The van der Waals surface area contributed by atoms with Crippen molar-refractivity contribution in [2.24, 2.45) is 0 Å². The highest BCUT2D eigenvalue weighted by atomic mass is 35.5. The summed E-state index contributed by atoms with van der Waals surface area (Å²) in [6.45, 7) is 5.30. The Morgan fingerprint density at radius 2 is 1.76 bits per heavy atom. The second-order valence-corrected chi connectivity index (χ2v) is 5.32. The van der Waals surface area contributed by atoms with Crippen LogP contribution in [0.2, 0.25) is 0 Å². The van der Waals surface area contributed by atoms with Gasteiger partial charge in [0, 0.05) is 0 Å². The van der Waals surface area contributed by atoms with Gasteiger partial charge in [0.05, 0.1) is 12.6 Å². The molecule has 0 bridgehead atoms. The Hall–Kier alpha value is -1.05. The molecule has 0 saturated carbocycles. The topological polar surface area (TPSA) is 16.6 Å². The smallest absolute Gasteiger partial charge is 0.107 e. The molecule has 0 saturated heterocycles. The van der Waals surface area contributed by atoms with E-state index in [-0.39, 0.29) is 5.38 Å². The van der Waals surface area contributed by atoms with Gasteiger partial charge in [-0.15, -0.1) is 11.6 Å². The minimum Gasteiger partial charge on any atom is -0.343 e. The summed E-state index contributed by atoms with van der Waals surface area (Å²) in [4.78, 5) is 0. The maximum Gasteiger partial charge on any atom is 0.107 e. The van der Waals surface area contributed by atoms with Crippen molar-refractivity contribution in [1.29, 1.82) is 0 Å². The fraction of sp³-hybridized carbons (Fsp3) is 0.333. The van der Waals surface area contributed by atoms with Crippen molar-refractivity contribution in [2.75, 3.05) is 6.54 Å². The molecule has 2 N–H and O–H groups in total. The Balaban J connectivity index is 2.18. The summed E-state index contributed by atoms with van der Waals surface area (Å²) in [6.07, 6.45) is 0. The Bertz CT molecular complexity index is 493. The predicted molar refractivity (Wildman–Crippen MR) is 74.5 cm³/mol. The summed E-state index contributed by atoms with van der Waals surface area (Å²) in [5.41, 5.74) is 1.21. The third kappa shape index (κ3) is 3.21. The van der Waals surface area contributed by atoms with Gasteiger partial charge in [-0.05, 0) is 36.2 Å². The first-order chi connectivity index (χ1) is 8.16. The van der Waals surface area contributed by atoms with Gasteiger partial charge >= 0.3 is 0 Å². The lowest BCUT2D eigenvalue weighted by Gasteiger charge is -2.11. The summed E-state index contributed by atoms with van der Waals surface area (Å²) >= 11 is 6.42. The van der Waals surface area contributed by atoms with Crippen molar-refractivity contribution in [2.45, 2.75) is 25.3 Å². The zero-order chi connectivity index (χ0) is 12.3. The summed E-state index contributed by atoms with van der Waals surface area (Å²) in [7, 11) is 0. The molecule has 0 heterocycles. The molecule has 0 spiro atoms. The lowest BCUT2D eigenvalue weighted by atomic mass is 10.0. The normalized spacial score (nSPS) is 13.2. The molecule has 0 aliphatic carbocycles. The van der Waals surface area contributed by atoms with Gasteiger partial charge < -0.3 is 5.32 Å². The van der Waals surface area contributed by atoms with Gasteiger partial charge in [-0.2, -0.15) is 0 Å². The van der Waals surface area contributed by atoms with E-state index in [1.54, 1.807) is 0 Å². The van der Waals surface area contributed by atoms with Crippen molar-refractivity contribution in [3.63, 3.8) is 0 Å². The third-order valence-corrected chi connectivity index (χ3v) is 3.38. The predicted octanol–water partition coefficient (Wildman–Crippen LogP) is 3.09. The van der Waals surface area contributed by atoms with Crippen LogP contribution in [0, 0.1) is 0 Å². The third-order valence-electron chi connectivity index (χ3n) is 2.95. The average Bonchev–Trinajstić information content (AvgIpc) is 2.35. The maximum atomic E-state index is 6.42. The zero-order valence-electron chi connectivity index (χ0n) is 10.4. The molecule has 1 nitrogen and oxygen atoms in total. The Morgan fingerprint density at radius 1 is 1.06 bits per heavy atom. The van der Waals surface area contributed by atoms with Crippen LogP contribution in [-0.4, -0.2) is 12.6 Å². The SMILES string of the molecule is CC(C)[NH2+]CC(Cl)c1ccc2ccccc2c1. The second kappa shape index (κ2) is 5.52. The van der Waals surface area contributed by atoms with Crippen molar-refractivity contribution < 1.29 is 5.32 Å². The molecule has 1 atom stereocenters. The van der Waals surface area contributed by atoms with Gasteiger partial charge in [-0.25, -0.2) is 0 Å². The first-order valence-corrected chi connectivity index (χ1v) is 6.56. The Labute approximate surface area is 108 Å². The molecule has 0 aliphatic rings. The molecule has 2 heteroatoms. The number of benzene rings is 2. The van der Waals surface area contributed by atoms with Crippen molar-refractivity contribution in [3.05, 3.63) is 48.0 Å². The molecule has 2 aromatic carbocycles. The van der Waals surface area contributed by atoms with Crippen molar-refractivity contribution >= 4 is 22.4 Å². The van der Waals surface area contributed by atoms with E-state index in [9.17, 15) is 0 Å². The molecule has 2 rings (SSSR count). The van der Waals surface area contributed by atoms with Crippen LogP contribution in [-0.2, 0) is 0 Å². The van der Waals surface area contributed by atoms with E-state index in [2.05, 4.69) is 61.6 Å². The van der Waals surface area contributed by atoms with Crippen LogP contribution in [0.1, 0.15) is 24.8 Å². The van der Waals surface area contributed by atoms with Crippen LogP contribution in [0.15, 0.2) is 42.5 Å². The standard InChI is InChI=1S/C15H18ClN/c1-11(2)17-10-15(16)14-8-7-12-5-3-4-6-13(12)9-14/h3-9,11,15,17H,10H2,1-2H3/p+1. The van der Waals surface area contributed by atoms with E-state index in [1.165, 1.54) is 16.3 Å². The van der Waals surface area contributed by atoms with Gasteiger partial charge in [-0.1, -0.05) is 36.4 Å². The number of hydrogen-bond donors (Lipinski definition) is 1. The van der Waals surface area contributed by atoms with Gasteiger partial charge in [0.2, 0.25) is 0 Å². The molecular weight excluding hydrogens is 230 g/mol. The molecule has 17 heavy (non-hydrogen) atoms. The highest BCUT2D eigenvalue weighted by Gasteiger charge is 2.11. The van der Waals surface area contributed by atoms with Gasteiger partial charge in [0.15, 0.2) is 0 Å². The average molecular weight is 249 g/mol. The maximum absolute atomic E-state index is 6.42. The van der Waals surface area contributed by atoms with E-state index in [0.29, 0.717) is 6.04 Å². The van der Waals surface area contributed by atoms with Crippen molar-refractivity contribution in [1.82, 2.24) is 0 Å². The summed E-state index contributed by atoms with van der Waals surface area (Å²) in [6, 6.07) is 15.5. The van der Waals surface area contributed by atoms with E-state index >= 15 is 0 Å². The lowest BCUT2D eigenvalue weighted by molar-refractivity contribution is -0.682. The fourth-order valence-corrected chi connectivity index (χ4v) is 2.17. The van der Waals surface area contributed by atoms with Crippen LogP contribution in [0.3, 0.4) is 0 Å². The van der Waals surface area contributed by atoms with E-state index in [4.69, 9.17) is 11.6 Å². The van der Waals surface area contributed by atoms with Crippen LogP contribution in [0.4, 0.5) is 0 Å². The Kier molecular flexibility index (Phi) is 4.03. The van der Waals surface area contributed by atoms with E-state index in [0.717, 1.165) is 6.54 Å². The minimum absolute atomic E-state index is 0.0852. The monoisotopic (exact) mass is 248 g/mol. The van der Waals surface area contributed by atoms with Crippen molar-refractivity contribution in [3.8, 4) is 0 Å². The van der Waals surface area contributed by atoms with Gasteiger partial charge in [0.25, 0.3) is 0 Å².